The summed E-state index contributed by atoms with van der Waals surface area (Å²) in [7, 11) is -3.22. The number of hydrogen-bond acceptors (Lipinski definition) is 3. The molecule has 2 rings (SSSR count). The lowest BCUT2D eigenvalue weighted by Crippen LogP contribution is -2.54. The van der Waals surface area contributed by atoms with Gasteiger partial charge in [0.15, 0.2) is 0 Å². The molecule has 6 heteroatoms. The number of carbonyl (C=O) groups is 1. The molecule has 0 atom stereocenters. The van der Waals surface area contributed by atoms with Gasteiger partial charge in [0.1, 0.15) is 0 Å². The maximum absolute atomic E-state index is 12.0. The van der Waals surface area contributed by atoms with Crippen LogP contribution in [-0.4, -0.2) is 42.6 Å². The van der Waals surface area contributed by atoms with Crippen LogP contribution in [0.25, 0.3) is 0 Å². The number of hydrogen-bond donors (Lipinski definition) is 1. The Labute approximate surface area is 102 Å². The summed E-state index contributed by atoms with van der Waals surface area (Å²) in [6, 6.07) is 0. The Morgan fingerprint density at radius 2 is 1.76 bits per heavy atom. The molecule has 0 amide bonds. The van der Waals surface area contributed by atoms with E-state index in [0.29, 0.717) is 0 Å². The van der Waals surface area contributed by atoms with E-state index in [4.69, 9.17) is 5.11 Å². The van der Waals surface area contributed by atoms with Gasteiger partial charge in [0.05, 0.1) is 11.7 Å². The van der Waals surface area contributed by atoms with Crippen LogP contribution in [-0.2, 0) is 14.8 Å². The van der Waals surface area contributed by atoms with Crippen molar-refractivity contribution in [3.05, 3.63) is 0 Å². The Hall–Kier alpha value is -0.620. The van der Waals surface area contributed by atoms with Crippen LogP contribution in [0.1, 0.15) is 32.1 Å². The van der Waals surface area contributed by atoms with Gasteiger partial charge in [0, 0.05) is 13.1 Å². The lowest BCUT2D eigenvalue weighted by atomic mass is 9.91. The van der Waals surface area contributed by atoms with Gasteiger partial charge < -0.3 is 5.11 Å². The van der Waals surface area contributed by atoms with Crippen LogP contribution in [0.2, 0.25) is 0 Å². The maximum atomic E-state index is 12.0. The molecular formula is C11H19NO4S. The van der Waals surface area contributed by atoms with Crippen molar-refractivity contribution >= 4 is 16.0 Å². The van der Waals surface area contributed by atoms with Gasteiger partial charge in [-0.15, -0.1) is 0 Å². The first-order chi connectivity index (χ1) is 7.99. The first-order valence-corrected chi connectivity index (χ1v) is 7.80. The lowest BCUT2D eigenvalue weighted by molar-refractivity contribution is -0.145. The van der Waals surface area contributed by atoms with Crippen molar-refractivity contribution in [3.8, 4) is 0 Å². The summed E-state index contributed by atoms with van der Waals surface area (Å²) in [4.78, 5) is 10.6. The molecule has 0 spiro atoms. The molecule has 2 aliphatic rings. The van der Waals surface area contributed by atoms with E-state index >= 15 is 0 Å². The van der Waals surface area contributed by atoms with Gasteiger partial charge in [-0.2, -0.15) is 0 Å². The third-order valence-corrected chi connectivity index (χ3v) is 5.74. The maximum Gasteiger partial charge on any atom is 0.309 e. The van der Waals surface area contributed by atoms with Gasteiger partial charge in [0.2, 0.25) is 10.0 Å². The standard InChI is InChI=1S/C11H19NO4S/c13-11(14)10-6-12(7-10)17(15,16)8-9-4-2-1-3-5-9/h9-10H,1-8H2,(H,13,14). The summed E-state index contributed by atoms with van der Waals surface area (Å²) in [5.74, 6) is -0.915. The molecule has 98 valence electrons. The van der Waals surface area contributed by atoms with Crippen LogP contribution < -0.4 is 0 Å². The molecular weight excluding hydrogens is 242 g/mol. The van der Waals surface area contributed by atoms with Crippen LogP contribution in [0.3, 0.4) is 0 Å². The average Bonchev–Trinajstić information content (AvgIpc) is 2.14. The predicted octanol–water partition coefficient (Wildman–Crippen LogP) is 0.913. The molecule has 5 nitrogen and oxygen atoms in total. The Kier molecular flexibility index (Phi) is 3.73. The number of carboxylic acid groups (broad SMARTS) is 1. The van der Waals surface area contributed by atoms with E-state index < -0.39 is 21.9 Å². The molecule has 0 aromatic carbocycles. The number of carboxylic acids is 1. The van der Waals surface area contributed by atoms with E-state index in [1.165, 1.54) is 10.7 Å². The van der Waals surface area contributed by atoms with E-state index in [2.05, 4.69) is 0 Å². The normalized spacial score (nSPS) is 24.5. The minimum absolute atomic E-state index is 0.157. The topological polar surface area (TPSA) is 74.7 Å². The summed E-state index contributed by atoms with van der Waals surface area (Å²) < 4.78 is 25.3. The summed E-state index contributed by atoms with van der Waals surface area (Å²) in [6.45, 7) is 0.314. The molecule has 0 aromatic heterocycles. The van der Waals surface area contributed by atoms with E-state index in [9.17, 15) is 13.2 Å². The average molecular weight is 261 g/mol. The Bertz CT molecular complexity index is 380. The zero-order chi connectivity index (χ0) is 12.5. The molecule has 0 bridgehead atoms. The molecule has 2 fully saturated rings. The molecule has 1 N–H and O–H groups in total. The highest BCUT2D eigenvalue weighted by Crippen LogP contribution is 2.28. The summed E-state index contributed by atoms with van der Waals surface area (Å²) in [5.41, 5.74) is 0. The largest absolute Gasteiger partial charge is 0.481 e. The molecule has 1 aliphatic heterocycles. The first kappa shape index (κ1) is 12.8. The highest BCUT2D eigenvalue weighted by Gasteiger charge is 2.40. The molecule has 1 aliphatic carbocycles. The third-order valence-electron chi connectivity index (χ3n) is 3.76. The minimum Gasteiger partial charge on any atom is -0.481 e. The molecule has 0 radical (unpaired) electrons. The Morgan fingerprint density at radius 1 is 1.18 bits per heavy atom. The van der Waals surface area contributed by atoms with Crippen LogP contribution >= 0.6 is 0 Å². The molecule has 17 heavy (non-hydrogen) atoms. The van der Waals surface area contributed by atoms with Crippen molar-refractivity contribution in [1.29, 1.82) is 0 Å². The Balaban J connectivity index is 1.85. The molecule has 1 saturated carbocycles. The second kappa shape index (κ2) is 4.94. The first-order valence-electron chi connectivity index (χ1n) is 6.19. The fraction of sp³-hybridized carbons (Fsp3) is 0.909. The smallest absolute Gasteiger partial charge is 0.309 e. The van der Waals surface area contributed by atoms with Crippen molar-refractivity contribution in [1.82, 2.24) is 4.31 Å². The molecule has 0 aromatic rings. The number of sulfonamides is 1. The van der Waals surface area contributed by atoms with Crippen molar-refractivity contribution < 1.29 is 18.3 Å². The zero-order valence-electron chi connectivity index (χ0n) is 9.84. The fourth-order valence-electron chi connectivity index (χ4n) is 2.58. The molecule has 1 saturated heterocycles. The van der Waals surface area contributed by atoms with E-state index in [-0.39, 0.29) is 24.8 Å². The summed E-state index contributed by atoms with van der Waals surface area (Å²) >= 11 is 0. The van der Waals surface area contributed by atoms with Gasteiger partial charge in [-0.05, 0) is 18.8 Å². The van der Waals surface area contributed by atoms with E-state index in [1.807, 2.05) is 0 Å². The van der Waals surface area contributed by atoms with Crippen molar-refractivity contribution in [2.24, 2.45) is 11.8 Å². The second-order valence-corrected chi connectivity index (χ2v) is 7.15. The highest BCUT2D eigenvalue weighted by molar-refractivity contribution is 7.89. The molecule has 1 heterocycles. The van der Waals surface area contributed by atoms with Crippen molar-refractivity contribution in [3.63, 3.8) is 0 Å². The van der Waals surface area contributed by atoms with E-state index in [1.54, 1.807) is 0 Å². The predicted molar refractivity (Wildman–Crippen MR) is 63.1 cm³/mol. The number of aliphatic carboxylic acids is 1. The van der Waals surface area contributed by atoms with Gasteiger partial charge in [0.25, 0.3) is 0 Å². The van der Waals surface area contributed by atoms with Crippen LogP contribution in [0, 0.1) is 11.8 Å². The van der Waals surface area contributed by atoms with Gasteiger partial charge >= 0.3 is 5.97 Å². The van der Waals surface area contributed by atoms with E-state index in [0.717, 1.165) is 25.7 Å². The third kappa shape index (κ3) is 2.98. The lowest BCUT2D eigenvalue weighted by Gasteiger charge is -2.36. The van der Waals surface area contributed by atoms with Crippen molar-refractivity contribution in [2.75, 3.05) is 18.8 Å². The van der Waals surface area contributed by atoms with Crippen LogP contribution in [0.4, 0.5) is 0 Å². The second-order valence-electron chi connectivity index (χ2n) is 5.13. The zero-order valence-corrected chi connectivity index (χ0v) is 10.7. The van der Waals surface area contributed by atoms with Crippen LogP contribution in [0.15, 0.2) is 0 Å². The van der Waals surface area contributed by atoms with Crippen molar-refractivity contribution in [2.45, 2.75) is 32.1 Å². The Morgan fingerprint density at radius 3 is 2.29 bits per heavy atom. The minimum atomic E-state index is -3.22. The van der Waals surface area contributed by atoms with Gasteiger partial charge in [-0.3, -0.25) is 4.79 Å². The quantitative estimate of drug-likeness (QED) is 0.816. The summed E-state index contributed by atoms with van der Waals surface area (Å²) in [5, 5.41) is 8.72. The fourth-order valence-corrected chi connectivity index (χ4v) is 4.53. The number of nitrogens with zero attached hydrogens (tertiary/aromatic N) is 1. The van der Waals surface area contributed by atoms with Gasteiger partial charge in [-0.1, -0.05) is 19.3 Å². The molecule has 0 unspecified atom stereocenters. The number of rotatable bonds is 4. The van der Waals surface area contributed by atoms with Crippen LogP contribution in [0.5, 0.6) is 0 Å². The highest BCUT2D eigenvalue weighted by atomic mass is 32.2. The SMILES string of the molecule is O=C(O)C1CN(S(=O)(=O)CC2CCCCC2)C1. The monoisotopic (exact) mass is 261 g/mol. The summed E-state index contributed by atoms with van der Waals surface area (Å²) in [6.07, 6.45) is 5.45. The van der Waals surface area contributed by atoms with Gasteiger partial charge in [-0.25, -0.2) is 12.7 Å².